The maximum atomic E-state index is 13.2. The fraction of sp³-hybridized carbons (Fsp3) is 0.160. The Kier molecular flexibility index (Phi) is 7.44. The lowest BCUT2D eigenvalue weighted by atomic mass is 10.2. The first-order valence-electron chi connectivity index (χ1n) is 10.5. The van der Waals surface area contributed by atoms with E-state index in [4.69, 9.17) is 9.47 Å². The number of halogens is 1. The monoisotopic (exact) mass is 478 g/mol. The average Bonchev–Trinajstić information content (AvgIpc) is 3.29. The van der Waals surface area contributed by atoms with Crippen molar-refractivity contribution in [3.05, 3.63) is 95.6 Å². The first-order chi connectivity index (χ1) is 16.6. The topological polar surface area (TPSA) is 78.3 Å². The van der Waals surface area contributed by atoms with E-state index in [1.165, 1.54) is 23.9 Å². The summed E-state index contributed by atoms with van der Waals surface area (Å²) in [5, 5.41) is 12.2. The van der Waals surface area contributed by atoms with Crippen molar-refractivity contribution < 1.29 is 18.7 Å². The fourth-order valence-corrected chi connectivity index (χ4v) is 4.16. The molecule has 0 saturated heterocycles. The van der Waals surface area contributed by atoms with Gasteiger partial charge in [0.05, 0.1) is 20.8 Å². The first-order valence-corrected chi connectivity index (χ1v) is 11.4. The molecule has 1 amide bonds. The van der Waals surface area contributed by atoms with E-state index in [-0.39, 0.29) is 18.3 Å². The highest BCUT2D eigenvalue weighted by Crippen LogP contribution is 2.26. The number of hydrogen-bond acceptors (Lipinski definition) is 6. The molecule has 1 heterocycles. The number of methoxy groups -OCH3 is 2. The number of benzene rings is 3. The molecular weight excluding hydrogens is 455 g/mol. The van der Waals surface area contributed by atoms with Crippen LogP contribution >= 0.6 is 11.8 Å². The Bertz CT molecular complexity index is 1240. The standard InChI is InChI=1S/C25H23FN4O3S/c1-32-21-11-5-18(6-12-21)24(31)27-15-23-28-29-25(34-16-17-3-7-19(26)8-4-17)30(23)20-9-13-22(33-2)14-10-20/h3-14H,15-16H2,1-2H3,(H,27,31). The fourth-order valence-electron chi connectivity index (χ4n) is 3.23. The van der Waals surface area contributed by atoms with Gasteiger partial charge in [-0.2, -0.15) is 0 Å². The zero-order valence-corrected chi connectivity index (χ0v) is 19.5. The summed E-state index contributed by atoms with van der Waals surface area (Å²) in [6.45, 7) is 0.182. The second-order valence-electron chi connectivity index (χ2n) is 7.26. The second kappa shape index (κ2) is 10.8. The summed E-state index contributed by atoms with van der Waals surface area (Å²) in [5.74, 6) is 2.07. The Morgan fingerprint density at radius 2 is 1.53 bits per heavy atom. The Hall–Kier alpha value is -3.85. The van der Waals surface area contributed by atoms with E-state index in [2.05, 4.69) is 15.5 Å². The predicted molar refractivity (Wildman–Crippen MR) is 128 cm³/mol. The van der Waals surface area contributed by atoms with Crippen molar-refractivity contribution in [1.82, 2.24) is 20.1 Å². The van der Waals surface area contributed by atoms with Gasteiger partial charge in [-0.15, -0.1) is 10.2 Å². The quantitative estimate of drug-likeness (QED) is 0.353. The van der Waals surface area contributed by atoms with Crippen LogP contribution in [-0.4, -0.2) is 34.9 Å². The SMILES string of the molecule is COc1ccc(C(=O)NCc2nnc(SCc3ccc(F)cc3)n2-c2ccc(OC)cc2)cc1. The highest BCUT2D eigenvalue weighted by Gasteiger charge is 2.16. The van der Waals surface area contributed by atoms with E-state index in [1.807, 2.05) is 28.8 Å². The lowest BCUT2D eigenvalue weighted by molar-refractivity contribution is 0.0949. The number of thioether (sulfide) groups is 1. The average molecular weight is 479 g/mol. The van der Waals surface area contributed by atoms with E-state index >= 15 is 0 Å². The minimum Gasteiger partial charge on any atom is -0.497 e. The van der Waals surface area contributed by atoms with Gasteiger partial charge in [0.25, 0.3) is 5.91 Å². The van der Waals surface area contributed by atoms with Crippen molar-refractivity contribution in [2.45, 2.75) is 17.5 Å². The van der Waals surface area contributed by atoms with Crippen LogP contribution in [0.3, 0.4) is 0 Å². The molecule has 0 radical (unpaired) electrons. The van der Waals surface area contributed by atoms with Crippen LogP contribution in [0.1, 0.15) is 21.7 Å². The van der Waals surface area contributed by atoms with Crippen LogP contribution in [-0.2, 0) is 12.3 Å². The van der Waals surface area contributed by atoms with Crippen molar-refractivity contribution in [1.29, 1.82) is 0 Å². The zero-order valence-electron chi connectivity index (χ0n) is 18.7. The number of aromatic nitrogens is 3. The largest absolute Gasteiger partial charge is 0.497 e. The zero-order chi connectivity index (χ0) is 23.9. The molecule has 9 heteroatoms. The Balaban J connectivity index is 1.55. The van der Waals surface area contributed by atoms with Crippen LogP contribution in [0.15, 0.2) is 78.0 Å². The third-order valence-corrected chi connectivity index (χ3v) is 6.07. The van der Waals surface area contributed by atoms with E-state index in [1.54, 1.807) is 50.6 Å². The highest BCUT2D eigenvalue weighted by molar-refractivity contribution is 7.98. The molecule has 34 heavy (non-hydrogen) atoms. The molecule has 4 rings (SSSR count). The summed E-state index contributed by atoms with van der Waals surface area (Å²) in [5.41, 5.74) is 2.31. The lowest BCUT2D eigenvalue weighted by Crippen LogP contribution is -2.24. The van der Waals surface area contributed by atoms with Gasteiger partial charge in [0.1, 0.15) is 17.3 Å². The van der Waals surface area contributed by atoms with Crippen LogP contribution < -0.4 is 14.8 Å². The molecule has 0 aliphatic rings. The predicted octanol–water partition coefficient (Wildman–Crippen LogP) is 4.65. The number of nitrogens with one attached hydrogen (secondary N) is 1. The molecule has 0 aliphatic heterocycles. The molecule has 4 aromatic rings. The van der Waals surface area contributed by atoms with E-state index in [9.17, 15) is 9.18 Å². The van der Waals surface area contributed by atoms with Crippen LogP contribution in [0.2, 0.25) is 0 Å². The van der Waals surface area contributed by atoms with Crippen molar-refractivity contribution >= 4 is 17.7 Å². The molecule has 0 spiro atoms. The van der Waals surface area contributed by atoms with E-state index < -0.39 is 0 Å². The normalized spacial score (nSPS) is 10.7. The van der Waals surface area contributed by atoms with Gasteiger partial charge in [0.2, 0.25) is 0 Å². The van der Waals surface area contributed by atoms with Crippen molar-refractivity contribution in [2.75, 3.05) is 14.2 Å². The molecular formula is C25H23FN4O3S. The number of ether oxygens (including phenoxy) is 2. The number of amides is 1. The van der Waals surface area contributed by atoms with Crippen LogP contribution in [0.25, 0.3) is 5.69 Å². The summed E-state index contributed by atoms with van der Waals surface area (Å²) < 4.78 is 25.5. The number of carbonyl (C=O) groups excluding carboxylic acids is 1. The summed E-state index contributed by atoms with van der Waals surface area (Å²) in [6.07, 6.45) is 0. The van der Waals surface area contributed by atoms with E-state index in [0.29, 0.717) is 28.0 Å². The highest BCUT2D eigenvalue weighted by atomic mass is 32.2. The molecule has 3 aromatic carbocycles. The van der Waals surface area contributed by atoms with Crippen LogP contribution in [0.4, 0.5) is 4.39 Å². The molecule has 7 nitrogen and oxygen atoms in total. The Labute approximate surface area is 200 Å². The molecule has 0 aliphatic carbocycles. The van der Waals surface area contributed by atoms with Gasteiger partial charge in [-0.3, -0.25) is 9.36 Å². The maximum Gasteiger partial charge on any atom is 0.251 e. The number of carbonyl (C=O) groups is 1. The summed E-state index contributed by atoms with van der Waals surface area (Å²) in [7, 11) is 3.19. The first kappa shape index (κ1) is 23.3. The molecule has 0 saturated carbocycles. The maximum absolute atomic E-state index is 13.2. The van der Waals surface area contributed by atoms with Gasteiger partial charge in [0.15, 0.2) is 11.0 Å². The summed E-state index contributed by atoms with van der Waals surface area (Å²) in [4.78, 5) is 12.6. The molecule has 1 N–H and O–H groups in total. The van der Waals surface area contributed by atoms with Gasteiger partial charge >= 0.3 is 0 Å². The van der Waals surface area contributed by atoms with Crippen molar-refractivity contribution in [2.24, 2.45) is 0 Å². The van der Waals surface area contributed by atoms with Crippen LogP contribution in [0, 0.1) is 5.82 Å². The summed E-state index contributed by atoms with van der Waals surface area (Å²) >= 11 is 1.48. The van der Waals surface area contributed by atoms with Gasteiger partial charge < -0.3 is 14.8 Å². The van der Waals surface area contributed by atoms with Gasteiger partial charge in [-0.25, -0.2) is 4.39 Å². The smallest absolute Gasteiger partial charge is 0.251 e. The van der Waals surface area contributed by atoms with Crippen LogP contribution in [0.5, 0.6) is 11.5 Å². The molecule has 0 unspecified atom stereocenters. The van der Waals surface area contributed by atoms with Gasteiger partial charge in [0, 0.05) is 17.0 Å². The Morgan fingerprint density at radius 1 is 0.912 bits per heavy atom. The lowest BCUT2D eigenvalue weighted by Gasteiger charge is -2.12. The molecule has 0 fully saturated rings. The molecule has 174 valence electrons. The second-order valence-corrected chi connectivity index (χ2v) is 8.20. The minimum atomic E-state index is -0.273. The van der Waals surface area contributed by atoms with E-state index in [0.717, 1.165) is 17.0 Å². The number of nitrogens with zero attached hydrogens (tertiary/aromatic N) is 3. The van der Waals surface area contributed by atoms with Crippen molar-refractivity contribution in [3.8, 4) is 17.2 Å². The molecule has 0 bridgehead atoms. The number of rotatable bonds is 9. The van der Waals surface area contributed by atoms with Gasteiger partial charge in [-0.05, 0) is 66.2 Å². The summed E-state index contributed by atoms with van der Waals surface area (Å²) in [6, 6.07) is 20.7. The third-order valence-electron chi connectivity index (χ3n) is 5.07. The minimum absolute atomic E-state index is 0.182. The third kappa shape index (κ3) is 5.55. The van der Waals surface area contributed by atoms with Gasteiger partial charge in [-0.1, -0.05) is 23.9 Å². The number of hydrogen-bond donors (Lipinski definition) is 1. The molecule has 0 atom stereocenters. The molecule has 1 aromatic heterocycles. The van der Waals surface area contributed by atoms with Crippen molar-refractivity contribution in [3.63, 3.8) is 0 Å². The Morgan fingerprint density at radius 3 is 2.15 bits per heavy atom.